The van der Waals surface area contributed by atoms with Crippen molar-refractivity contribution in [1.29, 1.82) is 5.26 Å². The van der Waals surface area contributed by atoms with Crippen LogP contribution >= 0.6 is 0 Å². The first-order chi connectivity index (χ1) is 9.37. The van der Waals surface area contributed by atoms with E-state index in [9.17, 15) is 4.79 Å². The second kappa shape index (κ2) is 5.26. The van der Waals surface area contributed by atoms with E-state index < -0.39 is 11.1 Å². The van der Waals surface area contributed by atoms with Crippen LogP contribution in [0.4, 0.5) is 0 Å². The third-order valence-electron chi connectivity index (χ3n) is 3.41. The van der Waals surface area contributed by atoms with E-state index in [0.29, 0.717) is 12.0 Å². The van der Waals surface area contributed by atoms with E-state index in [1.807, 2.05) is 32.9 Å². The van der Waals surface area contributed by atoms with Gasteiger partial charge in [-0.15, -0.1) is 0 Å². The molecule has 0 unspecified atom stereocenters. The molecule has 1 aromatic carbocycles. The van der Waals surface area contributed by atoms with Crippen molar-refractivity contribution in [2.75, 3.05) is 6.54 Å². The predicted octanol–water partition coefficient (Wildman–Crippen LogP) is 2.48. The maximum absolute atomic E-state index is 12.6. The Labute approximate surface area is 119 Å². The largest absolute Gasteiger partial charge is 0.458 e. The quantitative estimate of drug-likeness (QED) is 0.840. The van der Waals surface area contributed by atoms with Gasteiger partial charge in [-0.3, -0.25) is 5.32 Å². The summed E-state index contributed by atoms with van der Waals surface area (Å²) in [7, 11) is 0. The number of esters is 1. The van der Waals surface area contributed by atoms with Gasteiger partial charge in [0.25, 0.3) is 0 Å². The molecule has 1 aliphatic heterocycles. The van der Waals surface area contributed by atoms with Crippen molar-refractivity contribution in [3.8, 4) is 6.07 Å². The second-order valence-electron chi connectivity index (χ2n) is 6.13. The fourth-order valence-electron chi connectivity index (χ4n) is 2.48. The summed E-state index contributed by atoms with van der Waals surface area (Å²) in [6.45, 7) is 6.39. The van der Waals surface area contributed by atoms with Gasteiger partial charge in [-0.25, -0.2) is 4.79 Å². The lowest BCUT2D eigenvalue weighted by Crippen LogP contribution is -2.48. The zero-order valence-electron chi connectivity index (χ0n) is 12.2. The summed E-state index contributed by atoms with van der Waals surface area (Å²) in [6, 6.07) is 9.23. The average molecular weight is 272 g/mol. The minimum Gasteiger partial charge on any atom is -0.458 e. The third kappa shape index (κ3) is 2.83. The van der Waals surface area contributed by atoms with Crippen LogP contribution in [-0.4, -0.2) is 18.1 Å². The lowest BCUT2D eigenvalue weighted by atomic mass is 9.87. The van der Waals surface area contributed by atoms with Gasteiger partial charge in [0.1, 0.15) is 11.1 Å². The van der Waals surface area contributed by atoms with Crippen LogP contribution in [0.3, 0.4) is 0 Å². The highest BCUT2D eigenvalue weighted by Crippen LogP contribution is 2.33. The van der Waals surface area contributed by atoms with Crippen molar-refractivity contribution in [3.05, 3.63) is 35.4 Å². The summed E-state index contributed by atoms with van der Waals surface area (Å²) in [5.41, 5.74) is 0.164. The minimum atomic E-state index is -0.777. The molecule has 1 aromatic rings. The zero-order valence-corrected chi connectivity index (χ0v) is 12.2. The molecule has 1 aliphatic rings. The summed E-state index contributed by atoms with van der Waals surface area (Å²) >= 11 is 0. The number of carbonyl (C=O) groups is 1. The third-order valence-corrected chi connectivity index (χ3v) is 3.41. The van der Waals surface area contributed by atoms with Crippen LogP contribution in [0.5, 0.6) is 0 Å². The molecule has 0 bridgehead atoms. The van der Waals surface area contributed by atoms with E-state index in [1.165, 1.54) is 0 Å². The van der Waals surface area contributed by atoms with Gasteiger partial charge in [0.15, 0.2) is 0 Å². The summed E-state index contributed by atoms with van der Waals surface area (Å²) in [5.74, 6) is -0.243. The number of ether oxygens (including phenoxy) is 1. The molecule has 1 fully saturated rings. The van der Waals surface area contributed by atoms with Gasteiger partial charge >= 0.3 is 5.97 Å². The smallest absolute Gasteiger partial charge is 0.331 e. The summed E-state index contributed by atoms with van der Waals surface area (Å²) in [6.07, 6.45) is 1.65. The lowest BCUT2D eigenvalue weighted by molar-refractivity contribution is -0.163. The molecule has 20 heavy (non-hydrogen) atoms. The molecule has 1 saturated heterocycles. The van der Waals surface area contributed by atoms with Gasteiger partial charge in [0, 0.05) is 0 Å². The molecule has 0 aromatic heterocycles. The summed E-state index contributed by atoms with van der Waals surface area (Å²) < 4.78 is 5.57. The SMILES string of the molecule is CC(C)(C)OC(=O)[C@]1(c2ccc(C#N)cc2)CCCN1. The molecule has 0 aliphatic carbocycles. The first-order valence-corrected chi connectivity index (χ1v) is 6.86. The van der Waals surface area contributed by atoms with E-state index in [1.54, 1.807) is 12.1 Å². The van der Waals surface area contributed by atoms with Crippen LogP contribution in [0.15, 0.2) is 24.3 Å². The van der Waals surface area contributed by atoms with Crippen LogP contribution in [0.2, 0.25) is 0 Å². The van der Waals surface area contributed by atoms with Crippen molar-refractivity contribution in [1.82, 2.24) is 5.32 Å². The molecule has 4 heteroatoms. The van der Waals surface area contributed by atoms with E-state index in [4.69, 9.17) is 10.00 Å². The predicted molar refractivity (Wildman–Crippen MR) is 75.9 cm³/mol. The van der Waals surface area contributed by atoms with Gasteiger partial charge in [-0.2, -0.15) is 5.26 Å². The molecule has 0 amide bonds. The number of benzene rings is 1. The normalized spacial score (nSPS) is 22.3. The standard InChI is InChI=1S/C16H20N2O2/c1-15(2,3)20-14(19)16(9-4-10-18-16)13-7-5-12(11-17)6-8-13/h5-8,18H,4,9-10H2,1-3H3/t16-/m1/s1. The van der Waals surface area contributed by atoms with Gasteiger partial charge in [0.2, 0.25) is 0 Å². The fraction of sp³-hybridized carbons (Fsp3) is 0.500. The monoisotopic (exact) mass is 272 g/mol. The molecular weight excluding hydrogens is 252 g/mol. The number of hydrogen-bond donors (Lipinski definition) is 1. The Hall–Kier alpha value is -1.86. The molecule has 1 atom stereocenters. The van der Waals surface area contributed by atoms with Gasteiger partial charge in [-0.05, 0) is 57.9 Å². The molecule has 0 radical (unpaired) electrons. The zero-order chi connectivity index (χ0) is 14.8. The number of nitrogens with one attached hydrogen (secondary N) is 1. The molecule has 4 nitrogen and oxygen atoms in total. The average Bonchev–Trinajstić information content (AvgIpc) is 2.87. The highest BCUT2D eigenvalue weighted by molar-refractivity contribution is 5.83. The first-order valence-electron chi connectivity index (χ1n) is 6.86. The Balaban J connectivity index is 2.34. The Morgan fingerprint density at radius 3 is 2.45 bits per heavy atom. The molecule has 106 valence electrons. The fourth-order valence-corrected chi connectivity index (χ4v) is 2.48. The topological polar surface area (TPSA) is 62.1 Å². The van der Waals surface area contributed by atoms with Gasteiger partial charge in [-0.1, -0.05) is 12.1 Å². The maximum atomic E-state index is 12.6. The van der Waals surface area contributed by atoms with Gasteiger partial charge in [0.05, 0.1) is 11.6 Å². The molecule has 1 heterocycles. The van der Waals surface area contributed by atoms with Crippen molar-refractivity contribution in [3.63, 3.8) is 0 Å². The minimum absolute atomic E-state index is 0.243. The van der Waals surface area contributed by atoms with E-state index in [-0.39, 0.29) is 5.97 Å². The Morgan fingerprint density at radius 2 is 2.00 bits per heavy atom. The van der Waals surface area contributed by atoms with E-state index in [0.717, 1.165) is 18.5 Å². The lowest BCUT2D eigenvalue weighted by Gasteiger charge is -2.31. The van der Waals surface area contributed by atoms with Crippen molar-refractivity contribution in [2.45, 2.75) is 44.8 Å². The van der Waals surface area contributed by atoms with Crippen LogP contribution < -0.4 is 5.32 Å². The first kappa shape index (κ1) is 14.5. The number of rotatable bonds is 2. The molecule has 1 N–H and O–H groups in total. The summed E-state index contributed by atoms with van der Waals surface area (Å²) in [4.78, 5) is 12.6. The highest BCUT2D eigenvalue weighted by atomic mass is 16.6. The Kier molecular flexibility index (Phi) is 3.82. The van der Waals surface area contributed by atoms with E-state index in [2.05, 4.69) is 11.4 Å². The van der Waals surface area contributed by atoms with Crippen molar-refractivity contribution >= 4 is 5.97 Å². The van der Waals surface area contributed by atoms with Crippen molar-refractivity contribution in [2.24, 2.45) is 0 Å². The van der Waals surface area contributed by atoms with Crippen LogP contribution in [-0.2, 0) is 15.1 Å². The molecule has 2 rings (SSSR count). The molecule has 0 saturated carbocycles. The van der Waals surface area contributed by atoms with E-state index >= 15 is 0 Å². The van der Waals surface area contributed by atoms with Crippen molar-refractivity contribution < 1.29 is 9.53 Å². The Morgan fingerprint density at radius 1 is 1.35 bits per heavy atom. The number of hydrogen-bond acceptors (Lipinski definition) is 4. The number of nitrogens with zero attached hydrogens (tertiary/aromatic N) is 1. The van der Waals surface area contributed by atoms with Crippen LogP contribution in [0.1, 0.15) is 44.7 Å². The van der Waals surface area contributed by atoms with Crippen LogP contribution in [0.25, 0.3) is 0 Å². The molecular formula is C16H20N2O2. The maximum Gasteiger partial charge on any atom is 0.331 e. The van der Waals surface area contributed by atoms with Gasteiger partial charge < -0.3 is 4.74 Å². The number of nitriles is 1. The summed E-state index contributed by atoms with van der Waals surface area (Å²) in [5, 5.41) is 12.2. The highest BCUT2D eigenvalue weighted by Gasteiger charge is 2.45. The number of carbonyl (C=O) groups excluding carboxylic acids is 1. The Bertz CT molecular complexity index is 529. The second-order valence-corrected chi connectivity index (χ2v) is 6.13. The van der Waals surface area contributed by atoms with Crippen LogP contribution in [0, 0.1) is 11.3 Å². The molecule has 0 spiro atoms.